The SMILES string of the molecule is CC(C)(C)SC(=S)Sc1ccccc1. The first-order chi connectivity index (χ1) is 6.47. The molecule has 0 aliphatic rings. The highest BCUT2D eigenvalue weighted by atomic mass is 32.2. The van der Waals surface area contributed by atoms with Gasteiger partial charge in [0.2, 0.25) is 0 Å². The molecule has 3 heteroatoms. The number of thiocarbonyl (C=S) groups is 1. The van der Waals surface area contributed by atoms with E-state index in [0.29, 0.717) is 0 Å². The molecular formula is C11H14S3. The summed E-state index contributed by atoms with van der Waals surface area (Å²) in [4.78, 5) is 1.22. The number of hydrogen-bond donors (Lipinski definition) is 0. The summed E-state index contributed by atoms with van der Waals surface area (Å²) in [6.45, 7) is 6.53. The summed E-state index contributed by atoms with van der Waals surface area (Å²) in [5.41, 5.74) is 0. The molecule has 0 radical (unpaired) electrons. The Morgan fingerprint density at radius 2 is 1.71 bits per heavy atom. The first-order valence-electron chi connectivity index (χ1n) is 4.43. The second-order valence-electron chi connectivity index (χ2n) is 3.88. The molecule has 1 aromatic rings. The van der Waals surface area contributed by atoms with Crippen molar-refractivity contribution in [3.05, 3.63) is 30.3 Å². The Hall–Kier alpha value is 0.01000. The third-order valence-corrected chi connectivity index (χ3v) is 3.79. The van der Waals surface area contributed by atoms with Crippen LogP contribution in [0.3, 0.4) is 0 Å². The lowest BCUT2D eigenvalue weighted by Gasteiger charge is -2.17. The maximum Gasteiger partial charge on any atom is 0.109 e. The van der Waals surface area contributed by atoms with E-state index in [0.717, 1.165) is 3.53 Å². The lowest BCUT2D eigenvalue weighted by molar-refractivity contribution is 0.809. The van der Waals surface area contributed by atoms with Crippen molar-refractivity contribution in [2.75, 3.05) is 0 Å². The zero-order valence-corrected chi connectivity index (χ0v) is 11.1. The van der Waals surface area contributed by atoms with Crippen LogP contribution < -0.4 is 0 Å². The van der Waals surface area contributed by atoms with E-state index in [1.807, 2.05) is 18.2 Å². The molecule has 0 aliphatic carbocycles. The lowest BCUT2D eigenvalue weighted by atomic mass is 10.3. The van der Waals surface area contributed by atoms with Crippen LogP contribution in [0.2, 0.25) is 0 Å². The zero-order chi connectivity index (χ0) is 10.6. The predicted octanol–water partition coefficient (Wildman–Crippen LogP) is 4.60. The van der Waals surface area contributed by atoms with Crippen LogP contribution in [-0.2, 0) is 0 Å². The van der Waals surface area contributed by atoms with Crippen molar-refractivity contribution in [1.29, 1.82) is 0 Å². The van der Waals surface area contributed by atoms with E-state index < -0.39 is 0 Å². The van der Waals surface area contributed by atoms with Crippen molar-refractivity contribution < 1.29 is 0 Å². The molecule has 0 aromatic heterocycles. The number of rotatable bonds is 1. The molecule has 0 saturated carbocycles. The molecule has 0 nitrogen and oxygen atoms in total. The summed E-state index contributed by atoms with van der Waals surface area (Å²) >= 11 is 8.72. The molecule has 0 fully saturated rings. The first-order valence-corrected chi connectivity index (χ1v) is 6.47. The highest BCUT2D eigenvalue weighted by Gasteiger charge is 2.14. The fourth-order valence-corrected chi connectivity index (χ4v) is 4.09. The molecule has 0 amide bonds. The van der Waals surface area contributed by atoms with Crippen molar-refractivity contribution >= 4 is 39.3 Å². The molecule has 0 saturated heterocycles. The normalized spacial score (nSPS) is 11.4. The molecule has 0 heterocycles. The molecule has 0 unspecified atom stereocenters. The topological polar surface area (TPSA) is 0 Å². The standard InChI is InChI=1S/C11H14S3/c1-11(2,3)14-10(12)13-9-7-5-4-6-8-9/h4-8H,1-3H3. The second kappa shape index (κ2) is 5.19. The van der Waals surface area contributed by atoms with Gasteiger partial charge in [0, 0.05) is 9.64 Å². The van der Waals surface area contributed by atoms with Crippen LogP contribution in [0.15, 0.2) is 35.2 Å². The summed E-state index contributed by atoms with van der Waals surface area (Å²) in [6, 6.07) is 10.3. The van der Waals surface area contributed by atoms with Gasteiger partial charge in [-0.2, -0.15) is 0 Å². The van der Waals surface area contributed by atoms with E-state index >= 15 is 0 Å². The van der Waals surface area contributed by atoms with Gasteiger partial charge in [-0.1, -0.05) is 63.0 Å². The van der Waals surface area contributed by atoms with E-state index in [1.54, 1.807) is 23.5 Å². The van der Waals surface area contributed by atoms with Crippen molar-refractivity contribution in [3.8, 4) is 0 Å². The molecule has 76 valence electrons. The van der Waals surface area contributed by atoms with Crippen LogP contribution in [0.1, 0.15) is 20.8 Å². The Labute approximate surface area is 99.9 Å². The molecule has 0 aliphatic heterocycles. The van der Waals surface area contributed by atoms with Gasteiger partial charge >= 0.3 is 0 Å². The van der Waals surface area contributed by atoms with Crippen LogP contribution >= 0.6 is 35.7 Å². The van der Waals surface area contributed by atoms with Gasteiger partial charge < -0.3 is 0 Å². The number of thioether (sulfide) groups is 2. The van der Waals surface area contributed by atoms with E-state index in [-0.39, 0.29) is 4.75 Å². The van der Waals surface area contributed by atoms with E-state index in [2.05, 4.69) is 32.9 Å². The van der Waals surface area contributed by atoms with Gasteiger partial charge in [-0.3, -0.25) is 0 Å². The van der Waals surface area contributed by atoms with Crippen LogP contribution in [0.4, 0.5) is 0 Å². The molecule has 0 bridgehead atoms. The largest absolute Gasteiger partial charge is 0.109 e. The summed E-state index contributed by atoms with van der Waals surface area (Å²) in [6.07, 6.45) is 0. The van der Waals surface area contributed by atoms with Crippen molar-refractivity contribution in [2.45, 2.75) is 30.4 Å². The van der Waals surface area contributed by atoms with Crippen LogP contribution in [0.5, 0.6) is 0 Å². The van der Waals surface area contributed by atoms with Gasteiger partial charge in [0.15, 0.2) is 0 Å². The average Bonchev–Trinajstić information content (AvgIpc) is 2.02. The van der Waals surface area contributed by atoms with Gasteiger partial charge in [0.25, 0.3) is 0 Å². The maximum absolute atomic E-state index is 5.31. The van der Waals surface area contributed by atoms with Crippen molar-refractivity contribution in [2.24, 2.45) is 0 Å². The molecule has 0 spiro atoms. The maximum atomic E-state index is 5.31. The Morgan fingerprint density at radius 1 is 1.14 bits per heavy atom. The Balaban J connectivity index is 2.50. The van der Waals surface area contributed by atoms with Crippen molar-refractivity contribution in [1.82, 2.24) is 0 Å². The van der Waals surface area contributed by atoms with Crippen LogP contribution in [0.25, 0.3) is 0 Å². The van der Waals surface area contributed by atoms with Crippen LogP contribution in [0, 0.1) is 0 Å². The average molecular weight is 242 g/mol. The fourth-order valence-electron chi connectivity index (χ4n) is 0.856. The smallest absolute Gasteiger partial charge is 0.101 e. The lowest BCUT2D eigenvalue weighted by Crippen LogP contribution is -2.09. The minimum absolute atomic E-state index is 0.207. The fraction of sp³-hybridized carbons (Fsp3) is 0.364. The summed E-state index contributed by atoms with van der Waals surface area (Å²) in [7, 11) is 0. The van der Waals surface area contributed by atoms with E-state index in [4.69, 9.17) is 12.2 Å². The van der Waals surface area contributed by atoms with Crippen LogP contribution in [-0.4, -0.2) is 8.28 Å². The third kappa shape index (κ3) is 5.03. The molecule has 0 atom stereocenters. The van der Waals surface area contributed by atoms with E-state index in [9.17, 15) is 0 Å². The van der Waals surface area contributed by atoms with Gasteiger partial charge in [-0.05, 0) is 12.1 Å². The Bertz CT molecular complexity index is 298. The Morgan fingerprint density at radius 3 is 2.21 bits per heavy atom. The van der Waals surface area contributed by atoms with Crippen molar-refractivity contribution in [3.63, 3.8) is 0 Å². The van der Waals surface area contributed by atoms with Gasteiger partial charge in [-0.15, -0.1) is 11.8 Å². The minimum Gasteiger partial charge on any atom is -0.101 e. The summed E-state index contributed by atoms with van der Waals surface area (Å²) < 4.78 is 1.20. The molecular weight excluding hydrogens is 228 g/mol. The monoisotopic (exact) mass is 242 g/mol. The van der Waals surface area contributed by atoms with Gasteiger partial charge in [-0.25, -0.2) is 0 Å². The predicted molar refractivity (Wildman–Crippen MR) is 72.2 cm³/mol. The second-order valence-corrected chi connectivity index (χ2v) is 7.98. The number of hydrogen-bond acceptors (Lipinski definition) is 3. The minimum atomic E-state index is 0.207. The molecule has 1 aromatic carbocycles. The highest BCUT2D eigenvalue weighted by molar-refractivity contribution is 8.47. The first kappa shape index (κ1) is 12.1. The molecule has 14 heavy (non-hydrogen) atoms. The Kier molecular flexibility index (Phi) is 4.48. The van der Waals surface area contributed by atoms with E-state index in [1.165, 1.54) is 4.90 Å². The van der Waals surface area contributed by atoms with Gasteiger partial charge in [0.05, 0.1) is 0 Å². The zero-order valence-electron chi connectivity index (χ0n) is 8.61. The summed E-state index contributed by atoms with van der Waals surface area (Å²) in [5.74, 6) is 0. The molecule has 1 rings (SSSR count). The number of benzene rings is 1. The summed E-state index contributed by atoms with van der Waals surface area (Å²) in [5, 5.41) is 0. The molecule has 0 N–H and O–H groups in total. The van der Waals surface area contributed by atoms with Gasteiger partial charge in [0.1, 0.15) is 3.53 Å². The third-order valence-electron chi connectivity index (χ3n) is 1.33. The quantitative estimate of drug-likeness (QED) is 0.522. The highest BCUT2D eigenvalue weighted by Crippen LogP contribution is 2.33.